The Morgan fingerprint density at radius 1 is 1.28 bits per heavy atom. The lowest BCUT2D eigenvalue weighted by atomic mass is 10.1. The molecule has 0 aliphatic heterocycles. The number of benzene rings is 1. The highest BCUT2D eigenvalue weighted by Crippen LogP contribution is 2.09. The van der Waals surface area contributed by atoms with Gasteiger partial charge in [0.2, 0.25) is 5.96 Å². The topological polar surface area (TPSA) is 120 Å². The van der Waals surface area contributed by atoms with Crippen molar-refractivity contribution in [2.45, 2.75) is 6.92 Å². The predicted octanol–water partition coefficient (Wildman–Crippen LogP) is -0.340. The second-order valence-electron chi connectivity index (χ2n) is 3.51. The molecule has 8 heteroatoms. The van der Waals surface area contributed by atoms with Crippen LogP contribution in [0.4, 0.5) is 0 Å². The first-order chi connectivity index (χ1) is 8.66. The maximum absolute atomic E-state index is 5.22. The van der Waals surface area contributed by atoms with Crippen molar-refractivity contribution in [3.63, 3.8) is 0 Å². The van der Waals surface area contributed by atoms with E-state index in [4.69, 9.17) is 11.5 Å². The fourth-order valence-corrected chi connectivity index (χ4v) is 1.34. The van der Waals surface area contributed by atoms with Crippen LogP contribution in [0.25, 0.3) is 5.69 Å². The van der Waals surface area contributed by atoms with E-state index in [-0.39, 0.29) is 5.96 Å². The molecule has 2 aromatic rings. The van der Waals surface area contributed by atoms with Crippen LogP contribution in [0.5, 0.6) is 0 Å². The molecule has 2 rings (SSSR count). The first-order valence-electron chi connectivity index (χ1n) is 5.14. The monoisotopic (exact) mass is 244 g/mol. The molecule has 18 heavy (non-hydrogen) atoms. The Balaban J connectivity index is 2.33. The van der Waals surface area contributed by atoms with Crippen molar-refractivity contribution >= 4 is 11.7 Å². The summed E-state index contributed by atoms with van der Waals surface area (Å²) >= 11 is 0. The lowest BCUT2D eigenvalue weighted by Crippen LogP contribution is -2.22. The van der Waals surface area contributed by atoms with Crippen LogP contribution < -0.4 is 11.5 Å². The average molecular weight is 244 g/mol. The summed E-state index contributed by atoms with van der Waals surface area (Å²) in [6.45, 7) is 1.81. The number of aromatic nitrogens is 4. The van der Waals surface area contributed by atoms with Gasteiger partial charge in [0.15, 0.2) is 0 Å². The van der Waals surface area contributed by atoms with Gasteiger partial charge in [0.05, 0.1) is 11.4 Å². The van der Waals surface area contributed by atoms with Gasteiger partial charge in [-0.2, -0.15) is 5.10 Å². The van der Waals surface area contributed by atoms with Gasteiger partial charge in [-0.25, -0.2) is 4.68 Å². The molecule has 0 unspecified atom stereocenters. The smallest absolute Gasteiger partial charge is 0.211 e. The number of hydrogen-bond donors (Lipinski definition) is 2. The molecule has 0 atom stereocenters. The fraction of sp³-hybridized carbons (Fsp3) is 0.100. The maximum atomic E-state index is 5.22. The zero-order chi connectivity index (χ0) is 13.0. The van der Waals surface area contributed by atoms with Crippen molar-refractivity contribution in [2.24, 2.45) is 21.7 Å². The van der Waals surface area contributed by atoms with E-state index in [1.165, 1.54) is 6.33 Å². The standard InChI is InChI=1S/C10H12N8/c1-7(14-15-10(11)12)8-3-2-4-9(5-8)18-6-13-16-17-18/h2-6H,1H3,(H4,11,12,15)/b14-7-. The zero-order valence-electron chi connectivity index (χ0n) is 9.72. The molecule has 4 N–H and O–H groups in total. The molecule has 0 fully saturated rings. The molecule has 0 aliphatic rings. The molecule has 0 spiro atoms. The Kier molecular flexibility index (Phi) is 3.28. The van der Waals surface area contributed by atoms with E-state index in [0.29, 0.717) is 5.71 Å². The van der Waals surface area contributed by atoms with E-state index in [1.807, 2.05) is 31.2 Å². The Hall–Kier alpha value is -2.77. The van der Waals surface area contributed by atoms with Crippen LogP contribution in [0.1, 0.15) is 12.5 Å². The molecule has 0 aliphatic carbocycles. The van der Waals surface area contributed by atoms with Crippen LogP contribution in [0.2, 0.25) is 0 Å². The van der Waals surface area contributed by atoms with Crippen LogP contribution in [0.3, 0.4) is 0 Å². The summed E-state index contributed by atoms with van der Waals surface area (Å²) in [5, 5.41) is 18.5. The SMILES string of the molecule is C/C(=N/N=C(N)N)c1cccc(-n2cnnn2)c1. The van der Waals surface area contributed by atoms with Gasteiger partial charge in [-0.15, -0.1) is 10.2 Å². The Morgan fingerprint density at radius 3 is 2.78 bits per heavy atom. The summed E-state index contributed by atoms with van der Waals surface area (Å²) < 4.78 is 1.55. The van der Waals surface area contributed by atoms with Gasteiger partial charge in [-0.3, -0.25) is 0 Å². The van der Waals surface area contributed by atoms with Crippen LogP contribution in [-0.4, -0.2) is 31.9 Å². The number of hydrogen-bond acceptors (Lipinski definition) is 5. The molecule has 1 heterocycles. The van der Waals surface area contributed by atoms with Crippen molar-refractivity contribution in [1.29, 1.82) is 0 Å². The number of nitrogens with zero attached hydrogens (tertiary/aromatic N) is 6. The molecular formula is C10H12N8. The van der Waals surface area contributed by atoms with E-state index >= 15 is 0 Å². The molecule has 1 aromatic heterocycles. The average Bonchev–Trinajstić information content (AvgIpc) is 2.90. The number of rotatable bonds is 3. The number of guanidine groups is 1. The lowest BCUT2D eigenvalue weighted by Gasteiger charge is -2.03. The largest absolute Gasteiger partial charge is 0.369 e. The van der Waals surface area contributed by atoms with Crippen LogP contribution in [0, 0.1) is 0 Å². The van der Waals surface area contributed by atoms with Crippen LogP contribution >= 0.6 is 0 Å². The van der Waals surface area contributed by atoms with Gasteiger partial charge >= 0.3 is 0 Å². The number of tetrazole rings is 1. The van der Waals surface area contributed by atoms with E-state index < -0.39 is 0 Å². The van der Waals surface area contributed by atoms with E-state index in [0.717, 1.165) is 11.3 Å². The quantitative estimate of drug-likeness (QED) is 0.434. The highest BCUT2D eigenvalue weighted by Gasteiger charge is 2.02. The second kappa shape index (κ2) is 5.04. The summed E-state index contributed by atoms with van der Waals surface area (Å²) in [6, 6.07) is 7.54. The summed E-state index contributed by atoms with van der Waals surface area (Å²) in [7, 11) is 0. The Morgan fingerprint density at radius 2 is 2.11 bits per heavy atom. The van der Waals surface area contributed by atoms with Gasteiger partial charge in [0.25, 0.3) is 0 Å². The second-order valence-corrected chi connectivity index (χ2v) is 3.51. The summed E-state index contributed by atoms with van der Waals surface area (Å²) in [5.74, 6) is -0.0778. The predicted molar refractivity (Wildman–Crippen MR) is 67.2 cm³/mol. The molecule has 92 valence electrons. The van der Waals surface area contributed by atoms with Gasteiger partial charge in [0.1, 0.15) is 6.33 Å². The van der Waals surface area contributed by atoms with Gasteiger partial charge in [0, 0.05) is 0 Å². The number of nitrogens with two attached hydrogens (primary N) is 2. The molecule has 0 radical (unpaired) electrons. The van der Waals surface area contributed by atoms with Crippen molar-refractivity contribution in [1.82, 2.24) is 20.2 Å². The summed E-state index contributed by atoms with van der Waals surface area (Å²) in [6.07, 6.45) is 1.52. The van der Waals surface area contributed by atoms with E-state index in [2.05, 4.69) is 25.7 Å². The van der Waals surface area contributed by atoms with Crippen molar-refractivity contribution < 1.29 is 0 Å². The van der Waals surface area contributed by atoms with Gasteiger partial charge in [-0.1, -0.05) is 12.1 Å². The highest BCUT2D eigenvalue weighted by atomic mass is 15.5. The van der Waals surface area contributed by atoms with Crippen molar-refractivity contribution in [3.8, 4) is 5.69 Å². The lowest BCUT2D eigenvalue weighted by molar-refractivity contribution is 0.789. The van der Waals surface area contributed by atoms with Crippen LogP contribution in [0.15, 0.2) is 40.8 Å². The minimum atomic E-state index is -0.0778. The first kappa shape index (κ1) is 11.7. The van der Waals surface area contributed by atoms with Gasteiger partial charge in [-0.05, 0) is 35.0 Å². The molecule has 0 saturated carbocycles. The molecular weight excluding hydrogens is 232 g/mol. The fourth-order valence-electron chi connectivity index (χ4n) is 1.34. The van der Waals surface area contributed by atoms with E-state index in [1.54, 1.807) is 4.68 Å². The van der Waals surface area contributed by atoms with E-state index in [9.17, 15) is 0 Å². The third-order valence-corrected chi connectivity index (χ3v) is 2.19. The third kappa shape index (κ3) is 2.67. The molecule has 1 aromatic carbocycles. The molecule has 8 nitrogen and oxygen atoms in total. The van der Waals surface area contributed by atoms with Gasteiger partial charge < -0.3 is 11.5 Å². The Labute approximate surface area is 103 Å². The zero-order valence-corrected chi connectivity index (χ0v) is 9.72. The third-order valence-electron chi connectivity index (χ3n) is 2.19. The minimum Gasteiger partial charge on any atom is -0.369 e. The molecule has 0 amide bonds. The van der Waals surface area contributed by atoms with Crippen molar-refractivity contribution in [2.75, 3.05) is 0 Å². The van der Waals surface area contributed by atoms with Crippen molar-refractivity contribution in [3.05, 3.63) is 36.2 Å². The molecule has 0 saturated heterocycles. The van der Waals surface area contributed by atoms with Crippen LogP contribution in [-0.2, 0) is 0 Å². The maximum Gasteiger partial charge on any atom is 0.211 e. The minimum absolute atomic E-state index is 0.0778. The summed E-state index contributed by atoms with van der Waals surface area (Å²) in [5.41, 5.74) is 12.8. The first-order valence-corrected chi connectivity index (χ1v) is 5.14. The normalized spacial score (nSPS) is 11.3. The summed E-state index contributed by atoms with van der Waals surface area (Å²) in [4.78, 5) is 0. The Bertz CT molecular complexity index is 580. The highest BCUT2D eigenvalue weighted by molar-refractivity contribution is 5.99. The molecule has 0 bridgehead atoms.